The van der Waals surface area contributed by atoms with E-state index >= 15 is 0 Å². The second-order valence-corrected chi connectivity index (χ2v) is 7.46. The first-order valence-electron chi connectivity index (χ1n) is 8.78. The van der Waals surface area contributed by atoms with Crippen molar-refractivity contribution < 1.29 is 4.79 Å². The molecule has 2 unspecified atom stereocenters. The van der Waals surface area contributed by atoms with Crippen molar-refractivity contribution in [2.75, 3.05) is 31.1 Å². The molecule has 0 radical (unpaired) electrons. The predicted octanol–water partition coefficient (Wildman–Crippen LogP) is 1.50. The van der Waals surface area contributed by atoms with Gasteiger partial charge in [0, 0.05) is 49.1 Å². The van der Waals surface area contributed by atoms with Gasteiger partial charge < -0.3 is 9.80 Å². The van der Waals surface area contributed by atoms with Crippen LogP contribution in [0, 0.1) is 0 Å². The molecule has 0 bridgehead atoms. The van der Waals surface area contributed by atoms with Gasteiger partial charge in [0.05, 0.1) is 0 Å². The molecular formula is C18H21BrN6O. The lowest BCUT2D eigenvalue weighted by Gasteiger charge is -2.35. The van der Waals surface area contributed by atoms with E-state index in [9.17, 15) is 4.79 Å². The maximum absolute atomic E-state index is 12.8. The topological polar surface area (TPSA) is 73.4 Å². The molecule has 8 heteroatoms. The fourth-order valence-corrected chi connectivity index (χ4v) is 3.70. The lowest BCUT2D eigenvalue weighted by Crippen LogP contribution is -2.54. The highest BCUT2D eigenvalue weighted by molar-refractivity contribution is 9.10. The molecule has 3 heterocycles. The number of benzene rings is 1. The molecule has 4 rings (SSSR count). The Labute approximate surface area is 160 Å². The third kappa shape index (κ3) is 3.72. The fourth-order valence-electron chi connectivity index (χ4n) is 3.43. The molecule has 2 atom stereocenters. The summed E-state index contributed by atoms with van der Waals surface area (Å²) in [5.41, 5.74) is 7.60. The van der Waals surface area contributed by atoms with Crippen molar-refractivity contribution in [2.45, 2.75) is 18.5 Å². The number of amides is 1. The fraction of sp³-hybridized carbons (Fsp3) is 0.389. The third-order valence-electron chi connectivity index (χ3n) is 4.90. The van der Waals surface area contributed by atoms with Gasteiger partial charge >= 0.3 is 0 Å². The number of hydrazine groups is 1. The molecule has 2 saturated heterocycles. The Balaban J connectivity index is 1.32. The molecule has 2 fully saturated rings. The highest BCUT2D eigenvalue weighted by Gasteiger charge is 2.34. The zero-order valence-corrected chi connectivity index (χ0v) is 15.9. The van der Waals surface area contributed by atoms with E-state index < -0.39 is 0 Å². The van der Waals surface area contributed by atoms with Gasteiger partial charge in [0.2, 0.25) is 11.9 Å². The number of rotatable bonds is 3. The average Bonchev–Trinajstić information content (AvgIpc) is 3.19. The second-order valence-electron chi connectivity index (χ2n) is 6.54. The molecule has 1 aromatic heterocycles. The zero-order valence-electron chi connectivity index (χ0n) is 14.3. The molecule has 2 aromatic rings. The molecule has 2 aliphatic rings. The number of nitrogens with one attached hydrogen (secondary N) is 2. The van der Waals surface area contributed by atoms with E-state index in [1.54, 1.807) is 12.4 Å². The minimum Gasteiger partial charge on any atom is -0.338 e. The normalized spacial score (nSPS) is 23.3. The molecular weight excluding hydrogens is 396 g/mol. The number of carbonyl (C=O) groups is 1. The largest absolute Gasteiger partial charge is 0.338 e. The molecule has 2 aliphatic heterocycles. The summed E-state index contributed by atoms with van der Waals surface area (Å²) in [7, 11) is 0. The highest BCUT2D eigenvalue weighted by Crippen LogP contribution is 2.25. The van der Waals surface area contributed by atoms with E-state index in [1.165, 1.54) is 5.56 Å². The van der Waals surface area contributed by atoms with Crippen LogP contribution in [0.3, 0.4) is 0 Å². The Hall–Kier alpha value is -2.03. The number of piperazine rings is 1. The lowest BCUT2D eigenvalue weighted by atomic mass is 10.0. The smallest absolute Gasteiger partial charge is 0.241 e. The zero-order chi connectivity index (χ0) is 17.9. The van der Waals surface area contributed by atoms with Gasteiger partial charge in [0.1, 0.15) is 6.04 Å². The summed E-state index contributed by atoms with van der Waals surface area (Å²) in [4.78, 5) is 25.5. The predicted molar refractivity (Wildman–Crippen MR) is 102 cm³/mol. The van der Waals surface area contributed by atoms with Crippen LogP contribution in [0.1, 0.15) is 18.0 Å². The Morgan fingerprint density at radius 2 is 1.73 bits per heavy atom. The van der Waals surface area contributed by atoms with Crippen molar-refractivity contribution in [3.05, 3.63) is 52.8 Å². The van der Waals surface area contributed by atoms with Crippen molar-refractivity contribution in [1.82, 2.24) is 25.7 Å². The number of halogens is 1. The highest BCUT2D eigenvalue weighted by atomic mass is 79.9. The SMILES string of the molecule is O=C(C1CC(c2ccc(Br)cc2)NN1)N1CCN(c2ncccn2)CC1. The summed E-state index contributed by atoms with van der Waals surface area (Å²) in [5.74, 6) is 0.890. The number of aromatic nitrogens is 2. The second kappa shape index (κ2) is 7.69. The van der Waals surface area contributed by atoms with Crippen molar-refractivity contribution >= 4 is 27.8 Å². The minimum atomic E-state index is -0.192. The van der Waals surface area contributed by atoms with Gasteiger partial charge in [-0.15, -0.1) is 0 Å². The number of hydrogen-bond donors (Lipinski definition) is 2. The van der Waals surface area contributed by atoms with Crippen LogP contribution >= 0.6 is 15.9 Å². The molecule has 2 N–H and O–H groups in total. The number of nitrogens with zero attached hydrogens (tertiary/aromatic N) is 4. The van der Waals surface area contributed by atoms with Crippen molar-refractivity contribution in [3.8, 4) is 0 Å². The Bertz CT molecular complexity index is 748. The van der Waals surface area contributed by atoms with Crippen LogP contribution in [0.5, 0.6) is 0 Å². The van der Waals surface area contributed by atoms with Crippen LogP contribution in [0.2, 0.25) is 0 Å². The summed E-state index contributed by atoms with van der Waals surface area (Å²) >= 11 is 3.45. The van der Waals surface area contributed by atoms with Crippen LogP contribution in [0.4, 0.5) is 5.95 Å². The standard InChI is InChI=1S/C18H21BrN6O/c19-14-4-2-13(3-5-14)15-12-16(23-22-15)17(26)24-8-10-25(11-9-24)18-20-6-1-7-21-18/h1-7,15-16,22-23H,8-12H2. The summed E-state index contributed by atoms with van der Waals surface area (Å²) in [6, 6.07) is 9.97. The van der Waals surface area contributed by atoms with Crippen LogP contribution < -0.4 is 15.8 Å². The van der Waals surface area contributed by atoms with Crippen molar-refractivity contribution in [2.24, 2.45) is 0 Å². The summed E-state index contributed by atoms with van der Waals surface area (Å²) in [6.45, 7) is 2.90. The average molecular weight is 417 g/mol. The monoisotopic (exact) mass is 416 g/mol. The van der Waals surface area contributed by atoms with E-state index in [0.29, 0.717) is 13.1 Å². The quantitative estimate of drug-likeness (QED) is 0.789. The van der Waals surface area contributed by atoms with Crippen LogP contribution in [-0.2, 0) is 4.79 Å². The first-order valence-corrected chi connectivity index (χ1v) is 9.57. The van der Waals surface area contributed by atoms with E-state index in [0.717, 1.165) is 29.9 Å². The Kier molecular flexibility index (Phi) is 5.14. The van der Waals surface area contributed by atoms with Gasteiger partial charge in [-0.2, -0.15) is 0 Å². The van der Waals surface area contributed by atoms with Gasteiger partial charge in [-0.25, -0.2) is 20.8 Å². The molecule has 26 heavy (non-hydrogen) atoms. The van der Waals surface area contributed by atoms with Gasteiger partial charge in [0.15, 0.2) is 0 Å². The molecule has 0 spiro atoms. The molecule has 0 aliphatic carbocycles. The Morgan fingerprint density at radius 1 is 1.04 bits per heavy atom. The van der Waals surface area contributed by atoms with Gasteiger partial charge in [0.25, 0.3) is 0 Å². The number of anilines is 1. The maximum Gasteiger partial charge on any atom is 0.241 e. The minimum absolute atomic E-state index is 0.149. The van der Waals surface area contributed by atoms with Crippen molar-refractivity contribution in [3.63, 3.8) is 0 Å². The molecule has 0 saturated carbocycles. The first kappa shape index (κ1) is 17.4. The molecule has 1 aromatic carbocycles. The van der Waals surface area contributed by atoms with E-state index in [-0.39, 0.29) is 18.0 Å². The third-order valence-corrected chi connectivity index (χ3v) is 5.43. The molecule has 7 nitrogen and oxygen atoms in total. The van der Waals surface area contributed by atoms with E-state index in [2.05, 4.69) is 53.8 Å². The Morgan fingerprint density at radius 3 is 2.42 bits per heavy atom. The van der Waals surface area contributed by atoms with E-state index in [1.807, 2.05) is 23.1 Å². The number of hydrogen-bond acceptors (Lipinski definition) is 6. The van der Waals surface area contributed by atoms with E-state index in [4.69, 9.17) is 0 Å². The van der Waals surface area contributed by atoms with Gasteiger partial charge in [-0.05, 0) is 30.2 Å². The maximum atomic E-state index is 12.8. The lowest BCUT2D eigenvalue weighted by molar-refractivity contribution is -0.133. The summed E-state index contributed by atoms with van der Waals surface area (Å²) < 4.78 is 1.06. The molecule has 136 valence electrons. The van der Waals surface area contributed by atoms with Crippen LogP contribution in [0.25, 0.3) is 0 Å². The first-order chi connectivity index (χ1) is 12.7. The molecule has 1 amide bonds. The van der Waals surface area contributed by atoms with Gasteiger partial charge in [-0.3, -0.25) is 4.79 Å². The van der Waals surface area contributed by atoms with Crippen LogP contribution in [0.15, 0.2) is 47.2 Å². The van der Waals surface area contributed by atoms with Crippen LogP contribution in [-0.4, -0.2) is 53.0 Å². The summed E-state index contributed by atoms with van der Waals surface area (Å²) in [6.07, 6.45) is 4.24. The van der Waals surface area contributed by atoms with Gasteiger partial charge in [-0.1, -0.05) is 28.1 Å². The summed E-state index contributed by atoms with van der Waals surface area (Å²) in [5, 5.41) is 0. The van der Waals surface area contributed by atoms with Crippen molar-refractivity contribution in [1.29, 1.82) is 0 Å². The number of carbonyl (C=O) groups excluding carboxylic acids is 1.